The van der Waals surface area contributed by atoms with Gasteiger partial charge in [-0.2, -0.15) is 0 Å². The highest BCUT2D eigenvalue weighted by Gasteiger charge is 2.31. The maximum atomic E-state index is 12.3. The quantitative estimate of drug-likeness (QED) is 0.239. The van der Waals surface area contributed by atoms with Crippen molar-refractivity contribution in [2.24, 2.45) is 4.99 Å². The smallest absolute Gasteiger partial charge is 0.239 e. The molecule has 2 aliphatic rings. The molecule has 0 aromatic heterocycles. The van der Waals surface area contributed by atoms with Crippen LogP contribution in [0.25, 0.3) is 0 Å². The highest BCUT2D eigenvalue weighted by molar-refractivity contribution is 14.0. The van der Waals surface area contributed by atoms with Crippen LogP contribution in [0.1, 0.15) is 19.3 Å². The molecule has 1 amide bonds. The number of halogens is 1. The Hall–Kier alpha value is -1.75. The summed E-state index contributed by atoms with van der Waals surface area (Å²) in [5.74, 6) is 2.11. The Morgan fingerprint density at radius 2 is 1.91 bits per heavy atom. The van der Waals surface area contributed by atoms with E-state index in [2.05, 4.69) is 37.1 Å². The second kappa shape index (κ2) is 13.1. The van der Waals surface area contributed by atoms with Gasteiger partial charge in [0, 0.05) is 60.4 Å². The summed E-state index contributed by atoms with van der Waals surface area (Å²) in [7, 11) is 7.26. The normalized spacial score (nSPS) is 19.5. The van der Waals surface area contributed by atoms with Gasteiger partial charge in [0.25, 0.3) is 0 Å². The second-order valence-electron chi connectivity index (χ2n) is 8.40. The Balaban J connectivity index is 0.00000363. The van der Waals surface area contributed by atoms with Gasteiger partial charge in [-0.1, -0.05) is 12.1 Å². The van der Waals surface area contributed by atoms with Crippen LogP contribution in [-0.4, -0.2) is 107 Å². The Kier molecular flexibility index (Phi) is 10.8. The number of benzene rings is 1. The zero-order chi connectivity index (χ0) is 22.2. The molecule has 0 radical (unpaired) electrons. The van der Waals surface area contributed by atoms with Gasteiger partial charge in [0.15, 0.2) is 5.96 Å². The average molecular weight is 559 g/mol. The number of guanidine groups is 1. The predicted molar refractivity (Wildman–Crippen MR) is 141 cm³/mol. The van der Waals surface area contributed by atoms with Crippen LogP contribution in [0.3, 0.4) is 0 Å². The standard InChI is InChI=1S/C23H38N6O2.HI/c1-24-23(25-12-8-14-27-13-7-10-20(27)22(30)26(2)3)29-17-15-28(16-18-29)19-9-5-6-11-21(19)31-4;/h5-6,9,11,20H,7-8,10,12-18H2,1-4H3,(H,24,25);1H. The Labute approximate surface area is 210 Å². The summed E-state index contributed by atoms with van der Waals surface area (Å²) in [6.45, 7) is 6.53. The summed E-state index contributed by atoms with van der Waals surface area (Å²) in [6.07, 6.45) is 3.08. The first-order valence-electron chi connectivity index (χ1n) is 11.3. The molecule has 8 nitrogen and oxygen atoms in total. The minimum Gasteiger partial charge on any atom is -0.495 e. The summed E-state index contributed by atoms with van der Waals surface area (Å²) in [5, 5.41) is 3.52. The zero-order valence-electron chi connectivity index (χ0n) is 19.9. The lowest BCUT2D eigenvalue weighted by Crippen LogP contribution is -2.53. The van der Waals surface area contributed by atoms with Gasteiger partial charge in [-0.25, -0.2) is 0 Å². The van der Waals surface area contributed by atoms with Crippen molar-refractivity contribution in [1.29, 1.82) is 0 Å². The fourth-order valence-corrected chi connectivity index (χ4v) is 4.54. The number of amides is 1. The number of anilines is 1. The minimum absolute atomic E-state index is 0. The molecule has 32 heavy (non-hydrogen) atoms. The van der Waals surface area contributed by atoms with Crippen LogP contribution in [0.5, 0.6) is 5.75 Å². The van der Waals surface area contributed by atoms with Gasteiger partial charge in [-0.3, -0.25) is 14.7 Å². The molecule has 180 valence electrons. The van der Waals surface area contributed by atoms with Crippen LogP contribution in [0.15, 0.2) is 29.3 Å². The number of aliphatic imine (C=N–C) groups is 1. The first-order valence-corrected chi connectivity index (χ1v) is 11.3. The predicted octanol–water partition coefficient (Wildman–Crippen LogP) is 1.95. The SMILES string of the molecule is CN=C(NCCCN1CCCC1C(=O)N(C)C)N1CCN(c2ccccc2OC)CC1.I. The molecular formula is C23H39IN6O2. The summed E-state index contributed by atoms with van der Waals surface area (Å²) >= 11 is 0. The maximum absolute atomic E-state index is 12.3. The summed E-state index contributed by atoms with van der Waals surface area (Å²) < 4.78 is 5.52. The van der Waals surface area contributed by atoms with E-state index in [1.165, 1.54) is 0 Å². The van der Waals surface area contributed by atoms with E-state index in [0.29, 0.717) is 0 Å². The van der Waals surface area contributed by atoms with Gasteiger partial charge < -0.3 is 24.8 Å². The number of likely N-dealkylation sites (N-methyl/N-ethyl adjacent to an activating group) is 1. The molecule has 1 aromatic rings. The van der Waals surface area contributed by atoms with Gasteiger partial charge in [0.1, 0.15) is 5.75 Å². The van der Waals surface area contributed by atoms with E-state index < -0.39 is 0 Å². The molecule has 2 saturated heterocycles. The highest BCUT2D eigenvalue weighted by Crippen LogP contribution is 2.28. The zero-order valence-corrected chi connectivity index (χ0v) is 22.2. The van der Waals surface area contributed by atoms with Crippen molar-refractivity contribution >= 4 is 41.5 Å². The Bertz CT molecular complexity index is 752. The fourth-order valence-electron chi connectivity index (χ4n) is 4.54. The molecule has 2 heterocycles. The van der Waals surface area contributed by atoms with Crippen LogP contribution in [0, 0.1) is 0 Å². The third-order valence-corrected chi connectivity index (χ3v) is 6.21. The molecule has 3 rings (SSSR count). The van der Waals surface area contributed by atoms with Crippen LogP contribution < -0.4 is 15.0 Å². The molecule has 1 atom stereocenters. The molecule has 1 aromatic carbocycles. The molecule has 9 heteroatoms. The third kappa shape index (κ3) is 6.63. The lowest BCUT2D eigenvalue weighted by Gasteiger charge is -2.38. The van der Waals surface area contributed by atoms with Crippen molar-refractivity contribution in [2.75, 3.05) is 79.0 Å². The Morgan fingerprint density at radius 1 is 1.19 bits per heavy atom. The van der Waals surface area contributed by atoms with Crippen molar-refractivity contribution < 1.29 is 9.53 Å². The average Bonchev–Trinajstić information content (AvgIpc) is 3.27. The fraction of sp³-hybridized carbons (Fsp3) is 0.652. The topological polar surface area (TPSA) is 63.7 Å². The van der Waals surface area contributed by atoms with E-state index in [1.54, 1.807) is 12.0 Å². The summed E-state index contributed by atoms with van der Waals surface area (Å²) in [5.41, 5.74) is 1.15. The number of rotatable bonds is 7. The monoisotopic (exact) mass is 558 g/mol. The number of nitrogens with zero attached hydrogens (tertiary/aromatic N) is 5. The van der Waals surface area contributed by atoms with E-state index in [9.17, 15) is 4.79 Å². The lowest BCUT2D eigenvalue weighted by atomic mass is 10.2. The molecule has 1 unspecified atom stereocenters. The van der Waals surface area contributed by atoms with Crippen LogP contribution in [0.4, 0.5) is 5.69 Å². The van der Waals surface area contributed by atoms with E-state index in [0.717, 1.165) is 82.5 Å². The largest absolute Gasteiger partial charge is 0.495 e. The van der Waals surface area contributed by atoms with Crippen molar-refractivity contribution in [1.82, 2.24) is 20.0 Å². The van der Waals surface area contributed by atoms with E-state index in [4.69, 9.17) is 4.74 Å². The minimum atomic E-state index is 0. The van der Waals surface area contributed by atoms with Gasteiger partial charge >= 0.3 is 0 Å². The number of likely N-dealkylation sites (tertiary alicyclic amines) is 1. The van der Waals surface area contributed by atoms with Gasteiger partial charge in [0.05, 0.1) is 18.8 Å². The summed E-state index contributed by atoms with van der Waals surface area (Å²) in [4.78, 5) is 25.6. The van der Waals surface area contributed by atoms with Crippen molar-refractivity contribution in [3.8, 4) is 5.75 Å². The van der Waals surface area contributed by atoms with Gasteiger partial charge in [-0.15, -0.1) is 24.0 Å². The number of methoxy groups -OCH3 is 1. The van der Waals surface area contributed by atoms with Gasteiger partial charge in [-0.05, 0) is 37.9 Å². The molecule has 2 fully saturated rings. The van der Waals surface area contributed by atoms with Crippen LogP contribution in [0.2, 0.25) is 0 Å². The summed E-state index contributed by atoms with van der Waals surface area (Å²) in [6, 6.07) is 8.25. The number of para-hydroxylation sites is 2. The van der Waals surface area contributed by atoms with Crippen molar-refractivity contribution in [3.05, 3.63) is 24.3 Å². The first kappa shape index (κ1) is 26.5. The number of hydrogen-bond donors (Lipinski definition) is 1. The van der Waals surface area contributed by atoms with Crippen LogP contribution >= 0.6 is 24.0 Å². The van der Waals surface area contributed by atoms with E-state index in [-0.39, 0.29) is 35.9 Å². The molecule has 2 aliphatic heterocycles. The van der Waals surface area contributed by atoms with E-state index in [1.807, 2.05) is 33.3 Å². The Morgan fingerprint density at radius 3 is 2.56 bits per heavy atom. The molecule has 0 saturated carbocycles. The molecule has 0 spiro atoms. The number of carbonyl (C=O) groups is 1. The molecule has 1 N–H and O–H groups in total. The van der Waals surface area contributed by atoms with Crippen molar-refractivity contribution in [2.45, 2.75) is 25.3 Å². The number of hydrogen-bond acceptors (Lipinski definition) is 5. The number of ether oxygens (including phenoxy) is 1. The number of piperazine rings is 1. The number of carbonyl (C=O) groups excluding carboxylic acids is 1. The highest BCUT2D eigenvalue weighted by atomic mass is 127. The molecular weight excluding hydrogens is 519 g/mol. The van der Waals surface area contributed by atoms with Gasteiger partial charge in [0.2, 0.25) is 5.91 Å². The molecule has 0 aliphatic carbocycles. The maximum Gasteiger partial charge on any atom is 0.239 e. The number of nitrogens with one attached hydrogen (secondary N) is 1. The van der Waals surface area contributed by atoms with Crippen LogP contribution in [-0.2, 0) is 4.79 Å². The lowest BCUT2D eigenvalue weighted by molar-refractivity contribution is -0.133. The third-order valence-electron chi connectivity index (χ3n) is 6.21. The van der Waals surface area contributed by atoms with E-state index >= 15 is 0 Å². The van der Waals surface area contributed by atoms with Crippen molar-refractivity contribution in [3.63, 3.8) is 0 Å². The molecule has 0 bridgehead atoms. The second-order valence-corrected chi connectivity index (χ2v) is 8.40. The first-order chi connectivity index (χ1) is 15.0.